The summed E-state index contributed by atoms with van der Waals surface area (Å²) in [6, 6.07) is 0. The monoisotopic (exact) mass is 195 g/mol. The van der Waals surface area contributed by atoms with Gasteiger partial charge in [0, 0.05) is 18.4 Å². The molecule has 14 heavy (non-hydrogen) atoms. The largest absolute Gasteiger partial charge is 0.356 e. The van der Waals surface area contributed by atoms with Crippen molar-refractivity contribution in [3.05, 3.63) is 18.2 Å². The zero-order valence-electron chi connectivity index (χ0n) is 8.71. The molecule has 0 aromatic carbocycles. The fourth-order valence-electron chi connectivity index (χ4n) is 1.12. The van der Waals surface area contributed by atoms with Gasteiger partial charge in [0.05, 0.1) is 12.7 Å². The third-order valence-corrected chi connectivity index (χ3v) is 1.95. The zero-order chi connectivity index (χ0) is 10.4. The average Bonchev–Trinajstić information content (AvgIpc) is 2.56. The minimum Gasteiger partial charge on any atom is -0.356 e. The minimum atomic E-state index is 0.0508. The normalized spacial score (nSPS) is 10.5. The molecule has 0 aliphatic rings. The van der Waals surface area contributed by atoms with Gasteiger partial charge in [-0.15, -0.1) is 0 Å². The van der Waals surface area contributed by atoms with Crippen LogP contribution in [0.4, 0.5) is 0 Å². The first-order valence-corrected chi connectivity index (χ1v) is 4.92. The van der Waals surface area contributed by atoms with Crippen LogP contribution in [-0.4, -0.2) is 22.4 Å². The number of aromatic nitrogens is 2. The van der Waals surface area contributed by atoms with Gasteiger partial charge in [0.25, 0.3) is 0 Å². The highest BCUT2D eigenvalue weighted by Gasteiger charge is 2.03. The lowest BCUT2D eigenvalue weighted by Gasteiger charge is -2.05. The number of carbonyl (C=O) groups excluding carboxylic acids is 1. The maximum absolute atomic E-state index is 11.3. The van der Waals surface area contributed by atoms with E-state index >= 15 is 0 Å². The van der Waals surface area contributed by atoms with Crippen LogP contribution in [-0.2, 0) is 11.2 Å². The molecule has 4 nitrogen and oxygen atoms in total. The molecule has 0 aliphatic carbocycles. The van der Waals surface area contributed by atoms with Crippen LogP contribution in [0.25, 0.3) is 0 Å². The van der Waals surface area contributed by atoms with E-state index in [1.807, 2.05) is 0 Å². The number of aromatic amines is 1. The predicted molar refractivity (Wildman–Crippen MR) is 54.8 cm³/mol. The summed E-state index contributed by atoms with van der Waals surface area (Å²) in [5.74, 6) is 0.678. The highest BCUT2D eigenvalue weighted by atomic mass is 16.1. The Labute approximate surface area is 84.1 Å². The summed E-state index contributed by atoms with van der Waals surface area (Å²) in [4.78, 5) is 18.1. The zero-order valence-corrected chi connectivity index (χ0v) is 8.71. The van der Waals surface area contributed by atoms with Gasteiger partial charge in [-0.2, -0.15) is 0 Å². The topological polar surface area (TPSA) is 57.8 Å². The van der Waals surface area contributed by atoms with E-state index in [1.54, 1.807) is 12.5 Å². The quantitative estimate of drug-likeness (QED) is 0.739. The Hall–Kier alpha value is -1.32. The lowest BCUT2D eigenvalue weighted by atomic mass is 10.1. The first kappa shape index (κ1) is 10.8. The highest BCUT2D eigenvalue weighted by molar-refractivity contribution is 5.77. The van der Waals surface area contributed by atoms with Gasteiger partial charge in [0.1, 0.15) is 0 Å². The maximum atomic E-state index is 11.3. The van der Waals surface area contributed by atoms with Crippen LogP contribution in [0.5, 0.6) is 0 Å². The molecule has 1 heterocycles. The van der Waals surface area contributed by atoms with Crippen molar-refractivity contribution in [1.82, 2.24) is 15.3 Å². The number of amides is 1. The van der Waals surface area contributed by atoms with Crippen molar-refractivity contribution in [2.24, 2.45) is 5.92 Å². The molecule has 1 rings (SSSR count). The van der Waals surface area contributed by atoms with Crippen LogP contribution >= 0.6 is 0 Å². The number of H-pyrrole nitrogens is 1. The molecule has 0 radical (unpaired) electrons. The highest BCUT2D eigenvalue weighted by Crippen LogP contribution is 1.97. The molecule has 0 spiro atoms. The fraction of sp³-hybridized carbons (Fsp3) is 0.600. The molecule has 0 saturated heterocycles. The molecule has 78 valence electrons. The van der Waals surface area contributed by atoms with E-state index in [4.69, 9.17) is 0 Å². The van der Waals surface area contributed by atoms with Gasteiger partial charge in [-0.25, -0.2) is 4.98 Å². The van der Waals surface area contributed by atoms with Crippen LogP contribution in [0.15, 0.2) is 12.5 Å². The summed E-state index contributed by atoms with van der Waals surface area (Å²) in [5.41, 5.74) is 0.854. The van der Waals surface area contributed by atoms with Gasteiger partial charge in [0.15, 0.2) is 0 Å². The lowest BCUT2D eigenvalue weighted by molar-refractivity contribution is -0.120. The average molecular weight is 195 g/mol. The van der Waals surface area contributed by atoms with Gasteiger partial charge in [0.2, 0.25) is 5.91 Å². The molecular formula is C10H17N3O. The molecule has 0 saturated carbocycles. The Morgan fingerprint density at radius 3 is 3.00 bits per heavy atom. The standard InChI is InChI=1S/C10H17N3O/c1-8(2)3-4-12-10(14)5-9-6-11-7-13-9/h6-8H,3-5H2,1-2H3,(H,11,13)(H,12,14). The SMILES string of the molecule is CC(C)CCNC(=O)Cc1cnc[nH]1. The molecule has 1 aromatic rings. The van der Waals surface area contributed by atoms with E-state index in [1.165, 1.54) is 0 Å². The Bertz CT molecular complexity index is 267. The van der Waals surface area contributed by atoms with E-state index in [0.29, 0.717) is 12.3 Å². The third-order valence-electron chi connectivity index (χ3n) is 1.95. The smallest absolute Gasteiger partial charge is 0.225 e. The number of rotatable bonds is 5. The fourth-order valence-corrected chi connectivity index (χ4v) is 1.12. The van der Waals surface area contributed by atoms with Gasteiger partial charge >= 0.3 is 0 Å². The lowest BCUT2D eigenvalue weighted by Crippen LogP contribution is -2.26. The molecule has 1 amide bonds. The first-order chi connectivity index (χ1) is 6.68. The summed E-state index contributed by atoms with van der Waals surface area (Å²) in [6.45, 7) is 5.03. The third kappa shape index (κ3) is 4.07. The summed E-state index contributed by atoms with van der Waals surface area (Å²) >= 11 is 0. The van der Waals surface area contributed by atoms with Crippen molar-refractivity contribution in [1.29, 1.82) is 0 Å². The van der Waals surface area contributed by atoms with Gasteiger partial charge in [-0.3, -0.25) is 4.79 Å². The van der Waals surface area contributed by atoms with E-state index in [2.05, 4.69) is 29.1 Å². The van der Waals surface area contributed by atoms with Gasteiger partial charge in [-0.05, 0) is 12.3 Å². The van der Waals surface area contributed by atoms with E-state index < -0.39 is 0 Å². The Morgan fingerprint density at radius 1 is 1.64 bits per heavy atom. The minimum absolute atomic E-state index is 0.0508. The second kappa shape index (κ2) is 5.42. The molecule has 4 heteroatoms. The summed E-state index contributed by atoms with van der Waals surface area (Å²) in [7, 11) is 0. The molecule has 1 aromatic heterocycles. The van der Waals surface area contributed by atoms with Crippen molar-refractivity contribution >= 4 is 5.91 Å². The number of hydrogen-bond acceptors (Lipinski definition) is 2. The molecule has 0 fully saturated rings. The van der Waals surface area contributed by atoms with Crippen molar-refractivity contribution < 1.29 is 4.79 Å². The van der Waals surface area contributed by atoms with E-state index in [-0.39, 0.29) is 5.91 Å². The molecule has 2 N–H and O–H groups in total. The molecule has 0 unspecified atom stereocenters. The summed E-state index contributed by atoms with van der Waals surface area (Å²) in [5, 5.41) is 2.87. The number of hydrogen-bond donors (Lipinski definition) is 2. The summed E-state index contributed by atoms with van der Waals surface area (Å²) < 4.78 is 0. The van der Waals surface area contributed by atoms with Gasteiger partial charge in [-0.1, -0.05) is 13.8 Å². The number of imidazole rings is 1. The first-order valence-electron chi connectivity index (χ1n) is 4.92. The van der Waals surface area contributed by atoms with Crippen LogP contribution in [0.1, 0.15) is 26.0 Å². The second-order valence-electron chi connectivity index (χ2n) is 3.79. The van der Waals surface area contributed by atoms with E-state index in [9.17, 15) is 4.79 Å². The van der Waals surface area contributed by atoms with Crippen LogP contribution in [0.2, 0.25) is 0 Å². The molecule has 0 aliphatic heterocycles. The predicted octanol–water partition coefficient (Wildman–Crippen LogP) is 1.11. The molecule has 0 atom stereocenters. The summed E-state index contributed by atoms with van der Waals surface area (Å²) in [6.07, 6.45) is 4.66. The number of carbonyl (C=O) groups is 1. The maximum Gasteiger partial charge on any atom is 0.225 e. The van der Waals surface area contributed by atoms with Crippen molar-refractivity contribution in [3.8, 4) is 0 Å². The van der Waals surface area contributed by atoms with Crippen LogP contribution in [0, 0.1) is 5.92 Å². The number of nitrogens with one attached hydrogen (secondary N) is 2. The molecular weight excluding hydrogens is 178 g/mol. The van der Waals surface area contributed by atoms with Crippen LogP contribution in [0.3, 0.4) is 0 Å². The van der Waals surface area contributed by atoms with E-state index in [0.717, 1.165) is 18.7 Å². The number of nitrogens with zero attached hydrogens (tertiary/aromatic N) is 1. The van der Waals surface area contributed by atoms with Gasteiger partial charge < -0.3 is 10.3 Å². The van der Waals surface area contributed by atoms with Crippen molar-refractivity contribution in [3.63, 3.8) is 0 Å². The van der Waals surface area contributed by atoms with Crippen LogP contribution < -0.4 is 5.32 Å². The Morgan fingerprint density at radius 2 is 2.43 bits per heavy atom. The van der Waals surface area contributed by atoms with Crippen molar-refractivity contribution in [2.75, 3.05) is 6.54 Å². The Balaban J connectivity index is 2.17. The van der Waals surface area contributed by atoms with Crippen molar-refractivity contribution in [2.45, 2.75) is 26.7 Å². The molecule has 0 bridgehead atoms. The Kier molecular flexibility index (Phi) is 4.16. The second-order valence-corrected chi connectivity index (χ2v) is 3.79.